The Morgan fingerprint density at radius 2 is 2.07 bits per heavy atom. The van der Waals surface area contributed by atoms with Crippen LogP contribution in [0.25, 0.3) is 0 Å². The molecular weight excluding hydrogens is 384 g/mol. The van der Waals surface area contributed by atoms with Gasteiger partial charge in [-0.3, -0.25) is 9.80 Å². The van der Waals surface area contributed by atoms with E-state index in [4.69, 9.17) is 14.2 Å². The van der Waals surface area contributed by atoms with E-state index in [0.717, 1.165) is 48.3 Å². The van der Waals surface area contributed by atoms with E-state index in [-0.39, 0.29) is 17.6 Å². The zero-order valence-corrected chi connectivity index (χ0v) is 18.0. The van der Waals surface area contributed by atoms with E-state index >= 15 is 0 Å². The number of rotatable bonds is 2. The number of hydrogen-bond donors (Lipinski definition) is 0. The first-order valence-electron chi connectivity index (χ1n) is 10.6. The molecule has 3 fully saturated rings. The standard InChI is InChI=1S/C23H28N2O5/c1-21(2,3)30-20(27)25-18-7-6-16(28-4)12-17(18)22-8-5-9-23(22,25)15(13-22)14-24-10-11-29-19(24)26/h6-7,12,14H,5,8-11,13H2,1-4H3/b15-14-/t22-,23-/m1/s1. The van der Waals surface area contributed by atoms with Crippen LogP contribution in [0.1, 0.15) is 52.0 Å². The SMILES string of the molecule is COc1ccc2c(c1)[C@]13CCC[C@]1(/C(=C\N1CCOC1=O)C3)N2C(=O)OC(C)(C)C. The lowest BCUT2D eigenvalue weighted by molar-refractivity contribution is 0.0503. The number of nitrogens with zero attached hydrogens (tertiary/aromatic N) is 2. The number of ether oxygens (including phenoxy) is 3. The number of fused-ring (bicyclic) bond motifs is 1. The molecule has 1 aromatic carbocycles. The van der Waals surface area contributed by atoms with Gasteiger partial charge in [-0.15, -0.1) is 0 Å². The highest BCUT2D eigenvalue weighted by Gasteiger charge is 2.74. The fraction of sp³-hybridized carbons (Fsp3) is 0.565. The average molecular weight is 412 g/mol. The Bertz CT molecular complexity index is 965. The van der Waals surface area contributed by atoms with E-state index < -0.39 is 11.1 Å². The lowest BCUT2D eigenvalue weighted by Crippen LogP contribution is -2.66. The smallest absolute Gasteiger partial charge is 0.415 e. The molecule has 30 heavy (non-hydrogen) atoms. The third-order valence-electron chi connectivity index (χ3n) is 6.98. The lowest BCUT2D eigenvalue weighted by atomic mass is 9.52. The molecule has 2 heterocycles. The van der Waals surface area contributed by atoms with Crippen molar-refractivity contribution in [3.8, 4) is 5.75 Å². The summed E-state index contributed by atoms with van der Waals surface area (Å²) >= 11 is 0. The topological polar surface area (TPSA) is 68.3 Å². The fourth-order valence-corrected chi connectivity index (χ4v) is 5.93. The Morgan fingerprint density at radius 3 is 2.73 bits per heavy atom. The van der Waals surface area contributed by atoms with Crippen molar-refractivity contribution in [1.82, 2.24) is 4.90 Å². The first-order valence-corrected chi connectivity index (χ1v) is 10.6. The predicted molar refractivity (Wildman–Crippen MR) is 111 cm³/mol. The number of cyclic esters (lactones) is 1. The number of carbonyl (C=O) groups excluding carboxylic acids is 2. The second-order valence-electron chi connectivity index (χ2n) is 9.63. The van der Waals surface area contributed by atoms with Crippen LogP contribution in [0.5, 0.6) is 5.75 Å². The van der Waals surface area contributed by atoms with Gasteiger partial charge >= 0.3 is 12.2 Å². The van der Waals surface area contributed by atoms with Gasteiger partial charge in [0.1, 0.15) is 18.0 Å². The molecule has 2 amide bonds. The minimum atomic E-state index is -0.601. The molecule has 2 saturated carbocycles. The summed E-state index contributed by atoms with van der Waals surface area (Å²) in [5.41, 5.74) is 1.87. The molecule has 0 N–H and O–H groups in total. The van der Waals surface area contributed by atoms with E-state index in [1.54, 1.807) is 12.0 Å². The number of amides is 2. The van der Waals surface area contributed by atoms with Crippen molar-refractivity contribution < 1.29 is 23.8 Å². The van der Waals surface area contributed by atoms with Crippen molar-refractivity contribution in [2.24, 2.45) is 0 Å². The molecule has 0 aromatic heterocycles. The summed E-state index contributed by atoms with van der Waals surface area (Å²) in [6, 6.07) is 5.93. The minimum Gasteiger partial charge on any atom is -0.497 e. The van der Waals surface area contributed by atoms with Crippen molar-refractivity contribution in [3.05, 3.63) is 35.5 Å². The highest BCUT2D eigenvalue weighted by Crippen LogP contribution is 2.73. The molecular formula is C23H28N2O5. The van der Waals surface area contributed by atoms with E-state index in [9.17, 15) is 9.59 Å². The van der Waals surface area contributed by atoms with Gasteiger partial charge in [-0.2, -0.15) is 0 Å². The van der Waals surface area contributed by atoms with Crippen LogP contribution in [0.4, 0.5) is 15.3 Å². The molecule has 4 aliphatic rings. The highest BCUT2D eigenvalue weighted by atomic mass is 16.6. The fourth-order valence-electron chi connectivity index (χ4n) is 5.93. The highest BCUT2D eigenvalue weighted by molar-refractivity contribution is 5.97. The summed E-state index contributed by atoms with van der Waals surface area (Å²) in [6.07, 6.45) is 4.92. The van der Waals surface area contributed by atoms with Crippen molar-refractivity contribution in [3.63, 3.8) is 0 Å². The molecule has 1 aromatic rings. The van der Waals surface area contributed by atoms with Crippen LogP contribution in [-0.4, -0.2) is 48.5 Å². The van der Waals surface area contributed by atoms with Crippen LogP contribution >= 0.6 is 0 Å². The number of methoxy groups -OCH3 is 1. The zero-order valence-electron chi connectivity index (χ0n) is 18.0. The maximum Gasteiger partial charge on any atom is 0.415 e. The Morgan fingerprint density at radius 1 is 1.27 bits per heavy atom. The molecule has 0 unspecified atom stereocenters. The summed E-state index contributed by atoms with van der Waals surface area (Å²) in [7, 11) is 1.66. The van der Waals surface area contributed by atoms with Gasteiger partial charge in [-0.1, -0.05) is 0 Å². The van der Waals surface area contributed by atoms with Gasteiger partial charge in [0.15, 0.2) is 0 Å². The monoisotopic (exact) mass is 412 g/mol. The second kappa shape index (κ2) is 6.15. The van der Waals surface area contributed by atoms with Crippen molar-refractivity contribution in [2.75, 3.05) is 25.2 Å². The maximum atomic E-state index is 13.5. The number of benzene rings is 1. The van der Waals surface area contributed by atoms with Crippen LogP contribution in [0.2, 0.25) is 0 Å². The molecule has 160 valence electrons. The summed E-state index contributed by atoms with van der Waals surface area (Å²) in [5.74, 6) is 0.788. The third kappa shape index (κ3) is 2.38. The quantitative estimate of drug-likeness (QED) is 0.722. The summed E-state index contributed by atoms with van der Waals surface area (Å²) in [5, 5.41) is 0. The van der Waals surface area contributed by atoms with Crippen LogP contribution in [0, 0.1) is 0 Å². The molecule has 2 aliphatic heterocycles. The van der Waals surface area contributed by atoms with Gasteiger partial charge in [0, 0.05) is 11.6 Å². The Kier molecular flexibility index (Phi) is 3.95. The van der Waals surface area contributed by atoms with Gasteiger partial charge in [0.2, 0.25) is 0 Å². The molecule has 7 nitrogen and oxygen atoms in total. The minimum absolute atomic E-state index is 0.163. The van der Waals surface area contributed by atoms with Crippen molar-refractivity contribution >= 4 is 17.9 Å². The van der Waals surface area contributed by atoms with Gasteiger partial charge in [-0.25, -0.2) is 9.59 Å². The Hall–Kier alpha value is -2.70. The normalized spacial score (nSPS) is 30.5. The molecule has 1 saturated heterocycles. The van der Waals surface area contributed by atoms with E-state index in [1.807, 2.05) is 44.0 Å². The van der Waals surface area contributed by atoms with E-state index in [0.29, 0.717) is 13.2 Å². The average Bonchev–Trinajstić information content (AvgIpc) is 3.24. The van der Waals surface area contributed by atoms with Gasteiger partial charge in [0.05, 0.1) is 24.9 Å². The van der Waals surface area contributed by atoms with Crippen LogP contribution in [0.3, 0.4) is 0 Å². The Balaban J connectivity index is 1.65. The molecule has 5 rings (SSSR count). The van der Waals surface area contributed by atoms with Gasteiger partial charge in [-0.05, 0) is 75.8 Å². The van der Waals surface area contributed by atoms with Crippen molar-refractivity contribution in [2.45, 2.75) is 63.0 Å². The maximum absolute atomic E-state index is 13.5. The number of anilines is 1. The molecule has 7 heteroatoms. The third-order valence-corrected chi connectivity index (χ3v) is 6.98. The predicted octanol–water partition coefficient (Wildman–Crippen LogP) is 4.35. The molecule has 2 atom stereocenters. The molecule has 0 spiro atoms. The van der Waals surface area contributed by atoms with E-state index in [1.165, 1.54) is 0 Å². The lowest BCUT2D eigenvalue weighted by Gasteiger charge is -2.56. The molecule has 2 aliphatic carbocycles. The van der Waals surface area contributed by atoms with Crippen molar-refractivity contribution in [1.29, 1.82) is 0 Å². The van der Waals surface area contributed by atoms with Crippen LogP contribution in [0.15, 0.2) is 30.0 Å². The molecule has 0 radical (unpaired) electrons. The first kappa shape index (κ1) is 19.3. The Labute approximate surface area is 176 Å². The van der Waals surface area contributed by atoms with Crippen LogP contribution < -0.4 is 9.64 Å². The first-order chi connectivity index (χ1) is 14.2. The number of hydrogen-bond acceptors (Lipinski definition) is 5. The van der Waals surface area contributed by atoms with Crippen LogP contribution in [-0.2, 0) is 14.9 Å². The number of carbonyl (C=O) groups is 2. The van der Waals surface area contributed by atoms with Gasteiger partial charge in [0.25, 0.3) is 0 Å². The zero-order chi connectivity index (χ0) is 21.3. The molecule has 0 bridgehead atoms. The summed E-state index contributed by atoms with van der Waals surface area (Å²) in [4.78, 5) is 29.0. The van der Waals surface area contributed by atoms with E-state index in [2.05, 4.69) is 6.07 Å². The summed E-state index contributed by atoms with van der Waals surface area (Å²) in [6.45, 7) is 6.58. The largest absolute Gasteiger partial charge is 0.497 e. The van der Waals surface area contributed by atoms with Gasteiger partial charge < -0.3 is 14.2 Å². The second-order valence-corrected chi connectivity index (χ2v) is 9.63. The summed E-state index contributed by atoms with van der Waals surface area (Å²) < 4.78 is 16.5.